The number of halogens is 1. The van der Waals surface area contributed by atoms with Gasteiger partial charge in [0.15, 0.2) is 0 Å². The molecule has 3 unspecified atom stereocenters. The molecule has 2 bridgehead atoms. The topological polar surface area (TPSA) is 35.2 Å². The van der Waals surface area contributed by atoms with Gasteiger partial charge in [0, 0.05) is 0 Å². The van der Waals surface area contributed by atoms with Crippen LogP contribution in [0.25, 0.3) is 0 Å². The first-order valence-electron chi connectivity index (χ1n) is 3.75. The summed E-state index contributed by atoms with van der Waals surface area (Å²) in [6, 6.07) is 0. The van der Waals surface area contributed by atoms with E-state index in [0.29, 0.717) is 18.1 Å². The largest absolute Gasteiger partial charge is 0.375 e. The summed E-state index contributed by atoms with van der Waals surface area (Å²) in [5.74, 6) is 0.684. The molecule has 3 heteroatoms. The van der Waals surface area contributed by atoms with Crippen molar-refractivity contribution in [2.45, 2.75) is 31.5 Å². The van der Waals surface area contributed by atoms with E-state index in [-0.39, 0.29) is 12.4 Å². The molecule has 2 aliphatic heterocycles. The van der Waals surface area contributed by atoms with Crippen LogP contribution in [-0.2, 0) is 4.74 Å². The van der Waals surface area contributed by atoms with E-state index in [2.05, 4.69) is 0 Å². The lowest BCUT2D eigenvalue weighted by atomic mass is 9.89. The molecule has 10 heavy (non-hydrogen) atoms. The molecule has 3 atom stereocenters. The van der Waals surface area contributed by atoms with Gasteiger partial charge in [-0.2, -0.15) is 0 Å². The molecule has 0 amide bonds. The van der Waals surface area contributed by atoms with Gasteiger partial charge in [-0.05, 0) is 31.7 Å². The van der Waals surface area contributed by atoms with Crippen molar-refractivity contribution in [1.82, 2.24) is 0 Å². The third kappa shape index (κ3) is 1.16. The van der Waals surface area contributed by atoms with Gasteiger partial charge in [-0.15, -0.1) is 12.4 Å². The van der Waals surface area contributed by atoms with Gasteiger partial charge in [0.2, 0.25) is 0 Å². The lowest BCUT2D eigenvalue weighted by Gasteiger charge is -2.14. The summed E-state index contributed by atoms with van der Waals surface area (Å²) in [5.41, 5.74) is 5.54. The Hall–Kier alpha value is 0.210. The van der Waals surface area contributed by atoms with Crippen LogP contribution in [0.15, 0.2) is 0 Å². The molecule has 2 rings (SSSR count). The van der Waals surface area contributed by atoms with Crippen molar-refractivity contribution < 1.29 is 4.74 Å². The highest BCUT2D eigenvalue weighted by molar-refractivity contribution is 5.85. The molecule has 0 radical (unpaired) electrons. The minimum absolute atomic E-state index is 0. The van der Waals surface area contributed by atoms with Crippen LogP contribution < -0.4 is 5.73 Å². The lowest BCUT2D eigenvalue weighted by molar-refractivity contribution is 0.0936. The molecular formula is C7H14ClNO. The average molecular weight is 164 g/mol. The smallest absolute Gasteiger partial charge is 0.0621 e. The van der Waals surface area contributed by atoms with Crippen LogP contribution in [0.4, 0.5) is 0 Å². The zero-order valence-corrected chi connectivity index (χ0v) is 6.77. The zero-order valence-electron chi connectivity index (χ0n) is 5.95. The Kier molecular flexibility index (Phi) is 2.55. The quantitative estimate of drug-likeness (QED) is 0.625. The molecule has 0 aromatic rings. The van der Waals surface area contributed by atoms with Crippen molar-refractivity contribution in [3.05, 3.63) is 0 Å². The molecule has 2 N–H and O–H groups in total. The van der Waals surface area contributed by atoms with Gasteiger partial charge in [0.1, 0.15) is 0 Å². The van der Waals surface area contributed by atoms with Gasteiger partial charge in [-0.3, -0.25) is 0 Å². The van der Waals surface area contributed by atoms with Crippen molar-refractivity contribution >= 4 is 12.4 Å². The Morgan fingerprint density at radius 3 is 2.50 bits per heavy atom. The van der Waals surface area contributed by atoms with E-state index in [1.165, 1.54) is 19.3 Å². The van der Waals surface area contributed by atoms with E-state index in [1.54, 1.807) is 0 Å². The van der Waals surface area contributed by atoms with Gasteiger partial charge < -0.3 is 10.5 Å². The Labute approximate surface area is 67.5 Å². The van der Waals surface area contributed by atoms with Crippen LogP contribution in [-0.4, -0.2) is 18.8 Å². The lowest BCUT2D eigenvalue weighted by Crippen LogP contribution is -2.24. The van der Waals surface area contributed by atoms with Gasteiger partial charge >= 0.3 is 0 Å². The molecule has 0 aromatic heterocycles. The summed E-state index contributed by atoms with van der Waals surface area (Å²) in [6.45, 7) is 0.821. The molecule has 2 fully saturated rings. The summed E-state index contributed by atoms with van der Waals surface area (Å²) in [7, 11) is 0. The third-order valence-corrected chi connectivity index (χ3v) is 2.53. The SMILES string of the molecule is Cl.NCC1CC2CCC1O2. The Morgan fingerprint density at radius 1 is 1.40 bits per heavy atom. The molecule has 60 valence electrons. The van der Waals surface area contributed by atoms with E-state index in [4.69, 9.17) is 10.5 Å². The molecule has 2 nitrogen and oxygen atoms in total. The predicted octanol–water partition coefficient (Wildman–Crippen LogP) is 0.934. The number of ether oxygens (including phenoxy) is 1. The molecule has 2 heterocycles. The number of nitrogens with two attached hydrogens (primary N) is 1. The summed E-state index contributed by atoms with van der Waals surface area (Å²) in [5, 5.41) is 0. The van der Waals surface area contributed by atoms with Crippen molar-refractivity contribution in [2.75, 3.05) is 6.54 Å². The van der Waals surface area contributed by atoms with Crippen LogP contribution >= 0.6 is 12.4 Å². The van der Waals surface area contributed by atoms with Gasteiger partial charge in [0.05, 0.1) is 12.2 Å². The van der Waals surface area contributed by atoms with E-state index < -0.39 is 0 Å². The van der Waals surface area contributed by atoms with Crippen LogP contribution in [0.5, 0.6) is 0 Å². The summed E-state index contributed by atoms with van der Waals surface area (Å²) in [6.07, 6.45) is 4.86. The number of hydrogen-bond acceptors (Lipinski definition) is 2. The maximum Gasteiger partial charge on any atom is 0.0621 e. The van der Waals surface area contributed by atoms with E-state index >= 15 is 0 Å². The summed E-state index contributed by atoms with van der Waals surface area (Å²) in [4.78, 5) is 0. The standard InChI is InChI=1S/C7H13NO.ClH/c8-4-5-3-6-1-2-7(5)9-6;/h5-7H,1-4,8H2;1H. The maximum absolute atomic E-state index is 5.60. The molecule has 2 aliphatic rings. The minimum atomic E-state index is 0. The van der Waals surface area contributed by atoms with Crippen molar-refractivity contribution in [3.63, 3.8) is 0 Å². The van der Waals surface area contributed by atoms with E-state index in [9.17, 15) is 0 Å². The van der Waals surface area contributed by atoms with Gasteiger partial charge in [-0.25, -0.2) is 0 Å². The Bertz CT molecular complexity index is 120. The highest BCUT2D eigenvalue weighted by atomic mass is 35.5. The van der Waals surface area contributed by atoms with Crippen LogP contribution in [0, 0.1) is 5.92 Å². The molecule has 0 spiro atoms. The van der Waals surface area contributed by atoms with Crippen molar-refractivity contribution in [3.8, 4) is 0 Å². The number of fused-ring (bicyclic) bond motifs is 2. The van der Waals surface area contributed by atoms with E-state index in [1.807, 2.05) is 0 Å². The molecule has 2 saturated heterocycles. The first-order chi connectivity index (χ1) is 4.40. The van der Waals surface area contributed by atoms with Gasteiger partial charge in [-0.1, -0.05) is 0 Å². The normalized spacial score (nSPS) is 43.5. The second-order valence-electron chi connectivity index (χ2n) is 3.11. The zero-order chi connectivity index (χ0) is 6.27. The molecule has 0 aromatic carbocycles. The summed E-state index contributed by atoms with van der Waals surface area (Å²) < 4.78 is 5.60. The Morgan fingerprint density at radius 2 is 2.20 bits per heavy atom. The fourth-order valence-electron chi connectivity index (χ4n) is 1.99. The second kappa shape index (κ2) is 3.07. The fraction of sp³-hybridized carbons (Fsp3) is 1.00. The molecule has 0 aliphatic carbocycles. The van der Waals surface area contributed by atoms with E-state index in [0.717, 1.165) is 6.54 Å². The van der Waals surface area contributed by atoms with Crippen molar-refractivity contribution in [1.29, 1.82) is 0 Å². The fourth-order valence-corrected chi connectivity index (χ4v) is 1.99. The average Bonchev–Trinajstić information content (AvgIpc) is 2.45. The van der Waals surface area contributed by atoms with Crippen LogP contribution in [0.3, 0.4) is 0 Å². The third-order valence-electron chi connectivity index (χ3n) is 2.53. The first kappa shape index (κ1) is 8.31. The van der Waals surface area contributed by atoms with Gasteiger partial charge in [0.25, 0.3) is 0 Å². The minimum Gasteiger partial charge on any atom is -0.375 e. The molecular weight excluding hydrogens is 150 g/mol. The summed E-state index contributed by atoms with van der Waals surface area (Å²) >= 11 is 0. The predicted molar refractivity (Wildman–Crippen MR) is 42.3 cm³/mol. The number of rotatable bonds is 1. The Balaban J connectivity index is 0.000000500. The molecule has 0 saturated carbocycles. The maximum atomic E-state index is 5.60. The highest BCUT2D eigenvalue weighted by Crippen LogP contribution is 2.37. The number of hydrogen-bond donors (Lipinski definition) is 1. The first-order valence-corrected chi connectivity index (χ1v) is 3.75. The second-order valence-corrected chi connectivity index (χ2v) is 3.11. The van der Waals surface area contributed by atoms with Crippen LogP contribution in [0.1, 0.15) is 19.3 Å². The monoisotopic (exact) mass is 163 g/mol. The van der Waals surface area contributed by atoms with Crippen LogP contribution in [0.2, 0.25) is 0 Å². The van der Waals surface area contributed by atoms with Crippen molar-refractivity contribution in [2.24, 2.45) is 11.7 Å². The highest BCUT2D eigenvalue weighted by Gasteiger charge is 2.39.